The smallest absolute Gasteiger partial charge is 0.145 e. The molecule has 2 unspecified atom stereocenters. The Balaban J connectivity index is 1.27. The molecule has 5 rings (SSSR count). The number of pyridine rings is 1. The van der Waals surface area contributed by atoms with Crippen LogP contribution in [0.1, 0.15) is 30.9 Å². The first kappa shape index (κ1) is 16.7. The summed E-state index contributed by atoms with van der Waals surface area (Å²) >= 11 is 6.17. The van der Waals surface area contributed by atoms with Crippen molar-refractivity contribution in [3.05, 3.63) is 66.0 Å². The second kappa shape index (κ2) is 6.91. The standard InChI is InChI=1S/C21H19ClN4O/c22-20-19-6-8-26(21(19)25-13-24-20)17-3-4-18(10-17)27-12-14-1-2-16-11-23-7-5-15(16)9-14/h1-2,5-9,11,13,17-18H,3-4,10,12H2. The predicted octanol–water partition coefficient (Wildman–Crippen LogP) is 4.94. The first-order chi connectivity index (χ1) is 13.3. The largest absolute Gasteiger partial charge is 0.373 e. The SMILES string of the molecule is Clc1ncnc2c1ccn2C1CCC(OCc2ccc3cnccc3c2)C1. The van der Waals surface area contributed by atoms with Crippen molar-refractivity contribution in [1.82, 2.24) is 19.5 Å². The van der Waals surface area contributed by atoms with E-state index in [0.29, 0.717) is 17.8 Å². The normalized spacial score (nSPS) is 19.9. The van der Waals surface area contributed by atoms with Crippen molar-refractivity contribution >= 4 is 33.4 Å². The lowest BCUT2D eigenvalue weighted by Gasteiger charge is -2.15. The van der Waals surface area contributed by atoms with E-state index in [2.05, 4.69) is 43.9 Å². The third-order valence-corrected chi connectivity index (χ3v) is 5.70. The molecule has 5 nitrogen and oxygen atoms in total. The molecular formula is C21H19ClN4O. The number of ether oxygens (including phenoxy) is 1. The topological polar surface area (TPSA) is 52.8 Å². The summed E-state index contributed by atoms with van der Waals surface area (Å²) in [6.45, 7) is 0.635. The van der Waals surface area contributed by atoms with Crippen LogP contribution in [0.4, 0.5) is 0 Å². The molecule has 1 fully saturated rings. The highest BCUT2D eigenvalue weighted by Crippen LogP contribution is 2.35. The quantitative estimate of drug-likeness (QED) is 0.472. The van der Waals surface area contributed by atoms with Crippen molar-refractivity contribution in [3.8, 4) is 0 Å². The Morgan fingerprint density at radius 3 is 3.04 bits per heavy atom. The van der Waals surface area contributed by atoms with Crippen LogP contribution in [0.3, 0.4) is 0 Å². The van der Waals surface area contributed by atoms with Crippen LogP contribution in [0, 0.1) is 0 Å². The zero-order chi connectivity index (χ0) is 18.2. The molecular weight excluding hydrogens is 360 g/mol. The van der Waals surface area contributed by atoms with E-state index in [1.165, 1.54) is 17.3 Å². The summed E-state index contributed by atoms with van der Waals surface area (Å²) in [6, 6.07) is 10.8. The molecule has 0 spiro atoms. The summed E-state index contributed by atoms with van der Waals surface area (Å²) in [7, 11) is 0. The molecule has 6 heteroatoms. The van der Waals surface area contributed by atoms with Gasteiger partial charge in [-0.15, -0.1) is 0 Å². The van der Waals surface area contributed by atoms with Gasteiger partial charge in [0.05, 0.1) is 18.1 Å². The van der Waals surface area contributed by atoms with E-state index < -0.39 is 0 Å². The first-order valence-corrected chi connectivity index (χ1v) is 9.57. The Bertz CT molecular complexity index is 1110. The molecule has 4 aromatic rings. The molecule has 3 heterocycles. The van der Waals surface area contributed by atoms with Gasteiger partial charge in [-0.05, 0) is 48.4 Å². The van der Waals surface area contributed by atoms with E-state index in [1.54, 1.807) is 0 Å². The van der Waals surface area contributed by atoms with E-state index in [1.807, 2.05) is 24.5 Å². The Hall–Kier alpha value is -2.50. The fraction of sp³-hybridized carbons (Fsp3) is 0.286. The number of benzene rings is 1. The van der Waals surface area contributed by atoms with Gasteiger partial charge in [0.15, 0.2) is 0 Å². The number of aromatic nitrogens is 4. The average molecular weight is 379 g/mol. The zero-order valence-corrected chi connectivity index (χ0v) is 15.5. The Kier molecular flexibility index (Phi) is 4.26. The average Bonchev–Trinajstić information content (AvgIpc) is 3.33. The molecule has 1 saturated carbocycles. The van der Waals surface area contributed by atoms with Gasteiger partial charge in [-0.2, -0.15) is 0 Å². The van der Waals surface area contributed by atoms with Crippen molar-refractivity contribution in [2.75, 3.05) is 0 Å². The summed E-state index contributed by atoms with van der Waals surface area (Å²) in [4.78, 5) is 12.6. The van der Waals surface area contributed by atoms with Crippen LogP contribution in [-0.4, -0.2) is 25.6 Å². The van der Waals surface area contributed by atoms with Crippen molar-refractivity contribution < 1.29 is 4.74 Å². The molecule has 0 N–H and O–H groups in total. The zero-order valence-electron chi connectivity index (χ0n) is 14.8. The predicted molar refractivity (Wildman–Crippen MR) is 106 cm³/mol. The monoisotopic (exact) mass is 378 g/mol. The molecule has 1 aliphatic carbocycles. The Morgan fingerprint density at radius 1 is 1.11 bits per heavy atom. The van der Waals surface area contributed by atoms with Crippen LogP contribution in [0.25, 0.3) is 21.8 Å². The maximum absolute atomic E-state index is 6.21. The van der Waals surface area contributed by atoms with Gasteiger partial charge in [-0.1, -0.05) is 23.7 Å². The van der Waals surface area contributed by atoms with Gasteiger partial charge in [-0.3, -0.25) is 4.98 Å². The number of rotatable bonds is 4. The van der Waals surface area contributed by atoms with E-state index in [0.717, 1.165) is 35.7 Å². The number of hydrogen-bond donors (Lipinski definition) is 0. The minimum Gasteiger partial charge on any atom is -0.373 e. The summed E-state index contributed by atoms with van der Waals surface area (Å²) in [5, 5.41) is 3.78. The highest BCUT2D eigenvalue weighted by molar-refractivity contribution is 6.33. The number of fused-ring (bicyclic) bond motifs is 2. The minimum atomic E-state index is 0.262. The van der Waals surface area contributed by atoms with Gasteiger partial charge in [0.25, 0.3) is 0 Å². The molecule has 0 aliphatic heterocycles. The third kappa shape index (κ3) is 3.17. The van der Waals surface area contributed by atoms with E-state index in [4.69, 9.17) is 16.3 Å². The second-order valence-corrected chi connectivity index (χ2v) is 7.44. The van der Waals surface area contributed by atoms with E-state index >= 15 is 0 Å². The minimum absolute atomic E-state index is 0.262. The van der Waals surface area contributed by atoms with Crippen LogP contribution in [0.5, 0.6) is 0 Å². The molecule has 2 atom stereocenters. The first-order valence-electron chi connectivity index (χ1n) is 9.19. The van der Waals surface area contributed by atoms with Gasteiger partial charge < -0.3 is 9.30 Å². The summed E-state index contributed by atoms with van der Waals surface area (Å²) in [5.74, 6) is 0. The van der Waals surface area contributed by atoms with Crippen LogP contribution < -0.4 is 0 Å². The van der Waals surface area contributed by atoms with Gasteiger partial charge >= 0.3 is 0 Å². The fourth-order valence-electron chi connectivity index (χ4n) is 3.99. The Labute approximate surface area is 162 Å². The van der Waals surface area contributed by atoms with Crippen molar-refractivity contribution in [2.45, 2.75) is 38.0 Å². The number of nitrogens with zero attached hydrogens (tertiary/aromatic N) is 4. The van der Waals surface area contributed by atoms with Gasteiger partial charge in [0.2, 0.25) is 0 Å². The van der Waals surface area contributed by atoms with Crippen molar-refractivity contribution in [2.24, 2.45) is 0 Å². The molecule has 1 aliphatic rings. The number of hydrogen-bond acceptors (Lipinski definition) is 4. The van der Waals surface area contributed by atoms with Gasteiger partial charge in [0, 0.05) is 30.0 Å². The van der Waals surface area contributed by atoms with Crippen LogP contribution in [0.15, 0.2) is 55.2 Å². The molecule has 27 heavy (non-hydrogen) atoms. The van der Waals surface area contributed by atoms with Crippen molar-refractivity contribution in [1.29, 1.82) is 0 Å². The molecule has 0 bridgehead atoms. The third-order valence-electron chi connectivity index (χ3n) is 5.40. The lowest BCUT2D eigenvalue weighted by molar-refractivity contribution is 0.0434. The van der Waals surface area contributed by atoms with E-state index in [-0.39, 0.29) is 6.10 Å². The lowest BCUT2D eigenvalue weighted by Crippen LogP contribution is -2.10. The molecule has 0 radical (unpaired) electrons. The van der Waals surface area contributed by atoms with Gasteiger partial charge in [-0.25, -0.2) is 9.97 Å². The summed E-state index contributed by atoms with van der Waals surface area (Å²) in [6.07, 6.45) is 10.7. The Morgan fingerprint density at radius 2 is 2.07 bits per heavy atom. The molecule has 136 valence electrons. The summed E-state index contributed by atoms with van der Waals surface area (Å²) in [5.41, 5.74) is 2.10. The van der Waals surface area contributed by atoms with Crippen LogP contribution >= 0.6 is 11.6 Å². The maximum Gasteiger partial charge on any atom is 0.145 e. The maximum atomic E-state index is 6.21. The number of halogens is 1. The van der Waals surface area contributed by atoms with Gasteiger partial charge in [0.1, 0.15) is 17.1 Å². The fourth-order valence-corrected chi connectivity index (χ4v) is 4.18. The lowest BCUT2D eigenvalue weighted by atomic mass is 10.1. The highest BCUT2D eigenvalue weighted by Gasteiger charge is 2.27. The van der Waals surface area contributed by atoms with Crippen molar-refractivity contribution in [3.63, 3.8) is 0 Å². The van der Waals surface area contributed by atoms with E-state index in [9.17, 15) is 0 Å². The highest BCUT2D eigenvalue weighted by atomic mass is 35.5. The molecule has 1 aromatic carbocycles. The summed E-state index contributed by atoms with van der Waals surface area (Å²) < 4.78 is 8.43. The second-order valence-electron chi connectivity index (χ2n) is 7.08. The molecule has 0 saturated heterocycles. The molecule has 0 amide bonds. The van der Waals surface area contributed by atoms with Crippen LogP contribution in [0.2, 0.25) is 5.15 Å². The van der Waals surface area contributed by atoms with Crippen LogP contribution in [-0.2, 0) is 11.3 Å². The molecule has 3 aromatic heterocycles.